The van der Waals surface area contributed by atoms with Crippen LogP contribution in [0.1, 0.15) is 25.1 Å². The van der Waals surface area contributed by atoms with E-state index in [2.05, 4.69) is 36.8 Å². The summed E-state index contributed by atoms with van der Waals surface area (Å²) < 4.78 is 0. The van der Waals surface area contributed by atoms with Gasteiger partial charge in [0.05, 0.1) is 0 Å². The molecule has 0 unspecified atom stereocenters. The Balaban J connectivity index is 3.10. The van der Waals surface area contributed by atoms with Crippen LogP contribution in [-0.4, -0.2) is 18.1 Å². The highest BCUT2D eigenvalue weighted by Crippen LogP contribution is 2.20. The lowest BCUT2D eigenvalue weighted by Crippen LogP contribution is -2.27. The lowest BCUT2D eigenvalue weighted by Gasteiger charge is -2.26. The van der Waals surface area contributed by atoms with Gasteiger partial charge in [-0.3, -0.25) is 4.98 Å². The average Bonchev–Trinajstić information content (AvgIpc) is 2.16. The lowest BCUT2D eigenvalue weighted by molar-refractivity contribution is 0.747. The fourth-order valence-electron chi connectivity index (χ4n) is 1.34. The summed E-state index contributed by atoms with van der Waals surface area (Å²) >= 11 is 0. The van der Waals surface area contributed by atoms with Crippen molar-refractivity contribution in [2.45, 2.75) is 33.4 Å². The van der Waals surface area contributed by atoms with E-state index in [0.29, 0.717) is 12.6 Å². The Morgan fingerprint density at radius 2 is 2.14 bits per heavy atom. The van der Waals surface area contributed by atoms with Crippen LogP contribution in [0.4, 0.5) is 5.69 Å². The van der Waals surface area contributed by atoms with Crippen LogP contribution in [0.25, 0.3) is 0 Å². The standard InChI is InChI=1S/C11H19N3/c1-8(2)14(4)11-5-9(3)13-7-10(11)6-12/h5,7-8H,6,12H2,1-4H3. The van der Waals surface area contributed by atoms with Crippen molar-refractivity contribution in [1.29, 1.82) is 0 Å². The zero-order valence-corrected chi connectivity index (χ0v) is 9.41. The number of aromatic nitrogens is 1. The molecule has 1 aromatic heterocycles. The Labute approximate surface area is 85.9 Å². The first kappa shape index (κ1) is 11.0. The van der Waals surface area contributed by atoms with Crippen molar-refractivity contribution >= 4 is 5.69 Å². The Morgan fingerprint density at radius 3 is 2.64 bits per heavy atom. The number of nitrogens with two attached hydrogens (primary N) is 1. The third-order valence-electron chi connectivity index (χ3n) is 2.47. The van der Waals surface area contributed by atoms with Crippen molar-refractivity contribution in [2.24, 2.45) is 5.73 Å². The van der Waals surface area contributed by atoms with E-state index in [-0.39, 0.29) is 0 Å². The second-order valence-corrected chi connectivity index (χ2v) is 3.86. The molecule has 0 aliphatic carbocycles. The third-order valence-corrected chi connectivity index (χ3v) is 2.47. The van der Waals surface area contributed by atoms with E-state index in [0.717, 1.165) is 11.3 Å². The summed E-state index contributed by atoms with van der Waals surface area (Å²) in [5.41, 5.74) is 9.00. The van der Waals surface area contributed by atoms with Gasteiger partial charge in [0, 0.05) is 42.8 Å². The Hall–Kier alpha value is -1.09. The van der Waals surface area contributed by atoms with Gasteiger partial charge in [-0.15, -0.1) is 0 Å². The van der Waals surface area contributed by atoms with Crippen molar-refractivity contribution in [1.82, 2.24) is 4.98 Å². The van der Waals surface area contributed by atoms with E-state index in [1.807, 2.05) is 13.1 Å². The maximum atomic E-state index is 5.67. The smallest absolute Gasteiger partial charge is 0.0445 e. The highest BCUT2D eigenvalue weighted by Gasteiger charge is 2.09. The molecule has 0 amide bonds. The van der Waals surface area contributed by atoms with Crippen LogP contribution >= 0.6 is 0 Å². The summed E-state index contributed by atoms with van der Waals surface area (Å²) in [7, 11) is 2.08. The van der Waals surface area contributed by atoms with Crippen LogP contribution in [-0.2, 0) is 6.54 Å². The van der Waals surface area contributed by atoms with Gasteiger partial charge in [0.25, 0.3) is 0 Å². The minimum Gasteiger partial charge on any atom is -0.372 e. The predicted octanol–water partition coefficient (Wildman–Crippen LogP) is 1.69. The molecule has 0 saturated heterocycles. The zero-order valence-electron chi connectivity index (χ0n) is 9.41. The summed E-state index contributed by atoms with van der Waals surface area (Å²) in [5.74, 6) is 0. The fourth-order valence-corrected chi connectivity index (χ4v) is 1.34. The van der Waals surface area contributed by atoms with E-state index in [1.165, 1.54) is 5.69 Å². The molecular weight excluding hydrogens is 174 g/mol. The lowest BCUT2D eigenvalue weighted by atomic mass is 10.1. The molecule has 0 aliphatic heterocycles. The molecule has 3 heteroatoms. The number of hydrogen-bond donors (Lipinski definition) is 1. The largest absolute Gasteiger partial charge is 0.372 e. The summed E-state index contributed by atoms with van der Waals surface area (Å²) in [6.45, 7) is 6.86. The monoisotopic (exact) mass is 193 g/mol. The van der Waals surface area contributed by atoms with Crippen molar-refractivity contribution in [3.63, 3.8) is 0 Å². The molecular formula is C11H19N3. The van der Waals surface area contributed by atoms with Crippen LogP contribution in [0, 0.1) is 6.92 Å². The second kappa shape index (κ2) is 4.42. The van der Waals surface area contributed by atoms with Gasteiger partial charge in [-0.25, -0.2) is 0 Å². The van der Waals surface area contributed by atoms with Crippen molar-refractivity contribution < 1.29 is 0 Å². The van der Waals surface area contributed by atoms with Gasteiger partial charge in [0.2, 0.25) is 0 Å². The summed E-state index contributed by atoms with van der Waals surface area (Å²) in [4.78, 5) is 6.46. The number of anilines is 1. The topological polar surface area (TPSA) is 42.1 Å². The first-order valence-corrected chi connectivity index (χ1v) is 4.94. The maximum absolute atomic E-state index is 5.67. The van der Waals surface area contributed by atoms with Crippen molar-refractivity contribution in [3.05, 3.63) is 23.5 Å². The van der Waals surface area contributed by atoms with Gasteiger partial charge in [0.1, 0.15) is 0 Å². The zero-order chi connectivity index (χ0) is 10.7. The molecule has 2 N–H and O–H groups in total. The quantitative estimate of drug-likeness (QED) is 0.794. The molecule has 0 saturated carbocycles. The summed E-state index contributed by atoms with van der Waals surface area (Å²) in [5, 5.41) is 0. The average molecular weight is 193 g/mol. The molecule has 14 heavy (non-hydrogen) atoms. The van der Waals surface area contributed by atoms with Gasteiger partial charge in [-0.2, -0.15) is 0 Å². The van der Waals surface area contributed by atoms with Gasteiger partial charge in [0.15, 0.2) is 0 Å². The first-order chi connectivity index (χ1) is 6.56. The van der Waals surface area contributed by atoms with Crippen LogP contribution < -0.4 is 10.6 Å². The summed E-state index contributed by atoms with van der Waals surface area (Å²) in [6, 6.07) is 2.56. The minimum atomic E-state index is 0.474. The van der Waals surface area contributed by atoms with Gasteiger partial charge in [-0.05, 0) is 26.8 Å². The molecule has 0 aromatic carbocycles. The van der Waals surface area contributed by atoms with Crippen molar-refractivity contribution in [2.75, 3.05) is 11.9 Å². The Kier molecular flexibility index (Phi) is 3.47. The highest BCUT2D eigenvalue weighted by atomic mass is 15.1. The molecule has 0 bridgehead atoms. The Bertz CT molecular complexity index is 307. The molecule has 1 heterocycles. The third kappa shape index (κ3) is 2.23. The predicted molar refractivity (Wildman–Crippen MR) is 60.4 cm³/mol. The van der Waals surface area contributed by atoms with E-state index in [9.17, 15) is 0 Å². The SMILES string of the molecule is Cc1cc(N(C)C(C)C)c(CN)cn1. The van der Waals surface area contributed by atoms with Gasteiger partial charge >= 0.3 is 0 Å². The van der Waals surface area contributed by atoms with E-state index in [4.69, 9.17) is 5.73 Å². The van der Waals surface area contributed by atoms with E-state index in [1.54, 1.807) is 0 Å². The number of aryl methyl sites for hydroxylation is 1. The molecule has 1 rings (SSSR count). The van der Waals surface area contributed by atoms with Crippen LogP contribution in [0.15, 0.2) is 12.3 Å². The molecule has 0 aliphatic rings. The molecule has 78 valence electrons. The number of rotatable bonds is 3. The highest BCUT2D eigenvalue weighted by molar-refractivity contribution is 5.53. The summed E-state index contributed by atoms with van der Waals surface area (Å²) in [6.07, 6.45) is 1.86. The van der Waals surface area contributed by atoms with Crippen LogP contribution in [0.2, 0.25) is 0 Å². The van der Waals surface area contributed by atoms with E-state index >= 15 is 0 Å². The number of hydrogen-bond acceptors (Lipinski definition) is 3. The second-order valence-electron chi connectivity index (χ2n) is 3.86. The normalized spacial score (nSPS) is 10.7. The minimum absolute atomic E-state index is 0.474. The first-order valence-electron chi connectivity index (χ1n) is 4.94. The molecule has 0 spiro atoms. The molecule has 0 atom stereocenters. The van der Waals surface area contributed by atoms with Gasteiger partial charge in [-0.1, -0.05) is 0 Å². The molecule has 0 fully saturated rings. The number of nitrogens with zero attached hydrogens (tertiary/aromatic N) is 2. The fraction of sp³-hybridized carbons (Fsp3) is 0.545. The molecule has 0 radical (unpaired) electrons. The molecule has 3 nitrogen and oxygen atoms in total. The molecule has 1 aromatic rings. The maximum Gasteiger partial charge on any atom is 0.0445 e. The Morgan fingerprint density at radius 1 is 1.50 bits per heavy atom. The van der Waals surface area contributed by atoms with E-state index < -0.39 is 0 Å². The van der Waals surface area contributed by atoms with Crippen LogP contribution in [0.5, 0.6) is 0 Å². The van der Waals surface area contributed by atoms with Crippen LogP contribution in [0.3, 0.4) is 0 Å². The van der Waals surface area contributed by atoms with Crippen molar-refractivity contribution in [3.8, 4) is 0 Å². The van der Waals surface area contributed by atoms with Gasteiger partial charge < -0.3 is 10.6 Å². The number of pyridine rings is 1.